The number of para-hydroxylation sites is 1. The van der Waals surface area contributed by atoms with Gasteiger partial charge in [0.15, 0.2) is 5.75 Å². The number of ether oxygens (including phenoxy) is 1. The van der Waals surface area contributed by atoms with Crippen LogP contribution in [0.2, 0.25) is 10.0 Å². The largest absolute Gasteiger partial charge is 0.423 e. The SMILES string of the molecule is CCCC(=O)Oc1c(Cl)cccc1Cl. The molecule has 0 aliphatic rings. The summed E-state index contributed by atoms with van der Waals surface area (Å²) in [4.78, 5) is 11.2. The molecule has 0 amide bonds. The van der Waals surface area contributed by atoms with Gasteiger partial charge in [-0.1, -0.05) is 36.2 Å². The third-order valence-corrected chi connectivity index (χ3v) is 2.18. The Morgan fingerprint density at radius 3 is 2.43 bits per heavy atom. The van der Waals surface area contributed by atoms with Gasteiger partial charge in [0.2, 0.25) is 0 Å². The van der Waals surface area contributed by atoms with Crippen molar-refractivity contribution >= 4 is 29.2 Å². The molecule has 0 N–H and O–H groups in total. The van der Waals surface area contributed by atoms with Crippen LogP contribution >= 0.6 is 23.2 Å². The molecule has 0 bridgehead atoms. The van der Waals surface area contributed by atoms with E-state index >= 15 is 0 Å². The zero-order valence-corrected chi connectivity index (χ0v) is 9.23. The molecule has 0 radical (unpaired) electrons. The van der Waals surface area contributed by atoms with Crippen LogP contribution < -0.4 is 4.74 Å². The van der Waals surface area contributed by atoms with Crippen molar-refractivity contribution in [1.82, 2.24) is 0 Å². The van der Waals surface area contributed by atoms with Gasteiger partial charge in [-0.25, -0.2) is 0 Å². The molecular formula is C10H10Cl2O2. The van der Waals surface area contributed by atoms with E-state index in [-0.39, 0.29) is 11.7 Å². The Hall–Kier alpha value is -0.730. The predicted molar refractivity (Wildman–Crippen MR) is 57.0 cm³/mol. The van der Waals surface area contributed by atoms with Gasteiger partial charge in [-0.15, -0.1) is 0 Å². The Bertz CT molecular complexity index is 317. The van der Waals surface area contributed by atoms with Gasteiger partial charge < -0.3 is 4.74 Å². The second kappa shape index (κ2) is 5.23. The molecule has 0 saturated heterocycles. The smallest absolute Gasteiger partial charge is 0.311 e. The average molecular weight is 233 g/mol. The number of benzene rings is 1. The Morgan fingerprint density at radius 1 is 1.36 bits per heavy atom. The third-order valence-electron chi connectivity index (χ3n) is 1.59. The summed E-state index contributed by atoms with van der Waals surface area (Å²) in [6.07, 6.45) is 1.10. The van der Waals surface area contributed by atoms with Crippen molar-refractivity contribution < 1.29 is 9.53 Å². The van der Waals surface area contributed by atoms with E-state index < -0.39 is 0 Å². The van der Waals surface area contributed by atoms with Gasteiger partial charge in [-0.2, -0.15) is 0 Å². The minimum Gasteiger partial charge on any atom is -0.423 e. The van der Waals surface area contributed by atoms with E-state index in [9.17, 15) is 4.79 Å². The first kappa shape index (κ1) is 11.3. The fourth-order valence-corrected chi connectivity index (χ4v) is 1.42. The molecule has 0 saturated carbocycles. The van der Waals surface area contributed by atoms with Gasteiger partial charge in [0.05, 0.1) is 10.0 Å². The van der Waals surface area contributed by atoms with Crippen LogP contribution in [-0.2, 0) is 4.79 Å². The molecule has 0 fully saturated rings. The lowest BCUT2D eigenvalue weighted by atomic mass is 10.3. The van der Waals surface area contributed by atoms with Crippen LogP contribution in [0.5, 0.6) is 5.75 Å². The predicted octanol–water partition coefficient (Wildman–Crippen LogP) is 3.70. The highest BCUT2D eigenvalue weighted by Gasteiger charge is 2.10. The van der Waals surface area contributed by atoms with Crippen molar-refractivity contribution in [2.75, 3.05) is 0 Å². The van der Waals surface area contributed by atoms with Crippen molar-refractivity contribution in [1.29, 1.82) is 0 Å². The normalized spacial score (nSPS) is 9.93. The molecule has 1 aromatic carbocycles. The lowest BCUT2D eigenvalue weighted by Crippen LogP contribution is -2.07. The van der Waals surface area contributed by atoms with Crippen LogP contribution in [0.1, 0.15) is 19.8 Å². The summed E-state index contributed by atoms with van der Waals surface area (Å²) in [5, 5.41) is 0.698. The molecule has 0 heterocycles. The van der Waals surface area contributed by atoms with E-state index in [4.69, 9.17) is 27.9 Å². The quantitative estimate of drug-likeness (QED) is 0.587. The molecule has 76 valence electrons. The Labute approximate surface area is 92.8 Å². The van der Waals surface area contributed by atoms with Crippen LogP contribution in [0.25, 0.3) is 0 Å². The fourth-order valence-electron chi connectivity index (χ4n) is 0.949. The van der Waals surface area contributed by atoms with Gasteiger partial charge in [-0.3, -0.25) is 4.79 Å². The molecule has 1 aromatic rings. The van der Waals surface area contributed by atoms with E-state index in [1.807, 2.05) is 6.92 Å². The summed E-state index contributed by atoms with van der Waals surface area (Å²) < 4.78 is 5.01. The van der Waals surface area contributed by atoms with Gasteiger partial charge in [-0.05, 0) is 18.6 Å². The molecule has 0 spiro atoms. The van der Waals surface area contributed by atoms with Crippen molar-refractivity contribution in [3.05, 3.63) is 28.2 Å². The zero-order valence-electron chi connectivity index (χ0n) is 7.72. The van der Waals surface area contributed by atoms with E-state index in [1.54, 1.807) is 18.2 Å². The number of esters is 1. The molecule has 0 aromatic heterocycles. The summed E-state index contributed by atoms with van der Waals surface area (Å²) >= 11 is 11.6. The van der Waals surface area contributed by atoms with Crippen molar-refractivity contribution in [2.24, 2.45) is 0 Å². The molecule has 0 unspecified atom stereocenters. The molecule has 4 heteroatoms. The second-order valence-electron chi connectivity index (χ2n) is 2.77. The van der Waals surface area contributed by atoms with E-state index in [0.717, 1.165) is 6.42 Å². The Balaban J connectivity index is 2.80. The highest BCUT2D eigenvalue weighted by atomic mass is 35.5. The number of halogens is 2. The summed E-state index contributed by atoms with van der Waals surface area (Å²) in [6, 6.07) is 4.95. The van der Waals surface area contributed by atoms with Crippen LogP contribution in [0, 0.1) is 0 Å². The van der Waals surface area contributed by atoms with Crippen LogP contribution in [-0.4, -0.2) is 5.97 Å². The maximum Gasteiger partial charge on any atom is 0.311 e. The number of carbonyl (C=O) groups is 1. The first-order valence-corrected chi connectivity index (χ1v) is 5.05. The van der Waals surface area contributed by atoms with Gasteiger partial charge in [0.25, 0.3) is 0 Å². The lowest BCUT2D eigenvalue weighted by molar-refractivity contribution is -0.134. The van der Waals surface area contributed by atoms with Crippen molar-refractivity contribution in [2.45, 2.75) is 19.8 Å². The van der Waals surface area contributed by atoms with Crippen LogP contribution in [0.15, 0.2) is 18.2 Å². The van der Waals surface area contributed by atoms with Gasteiger partial charge in [0.1, 0.15) is 0 Å². The van der Waals surface area contributed by atoms with Gasteiger partial charge >= 0.3 is 5.97 Å². The maximum atomic E-state index is 11.2. The topological polar surface area (TPSA) is 26.3 Å². The average Bonchev–Trinajstić information content (AvgIpc) is 2.12. The molecule has 0 atom stereocenters. The number of rotatable bonds is 3. The standard InChI is InChI=1S/C10H10Cl2O2/c1-2-4-9(13)14-10-7(11)5-3-6-8(10)12/h3,5-6H,2,4H2,1H3. The summed E-state index contributed by atoms with van der Waals surface area (Å²) in [5.41, 5.74) is 0. The highest BCUT2D eigenvalue weighted by molar-refractivity contribution is 6.37. The first-order valence-electron chi connectivity index (χ1n) is 4.30. The van der Waals surface area contributed by atoms with E-state index in [2.05, 4.69) is 0 Å². The first-order chi connectivity index (χ1) is 6.65. The van der Waals surface area contributed by atoms with E-state index in [0.29, 0.717) is 16.5 Å². The number of hydrogen-bond donors (Lipinski definition) is 0. The molecular weight excluding hydrogens is 223 g/mol. The molecule has 0 aliphatic carbocycles. The lowest BCUT2D eigenvalue weighted by Gasteiger charge is -2.06. The highest BCUT2D eigenvalue weighted by Crippen LogP contribution is 2.32. The van der Waals surface area contributed by atoms with Gasteiger partial charge in [0, 0.05) is 6.42 Å². The monoisotopic (exact) mass is 232 g/mol. The Kier molecular flexibility index (Phi) is 4.23. The molecule has 1 rings (SSSR count). The van der Waals surface area contributed by atoms with E-state index in [1.165, 1.54) is 0 Å². The third kappa shape index (κ3) is 2.89. The van der Waals surface area contributed by atoms with Crippen molar-refractivity contribution in [3.8, 4) is 5.75 Å². The number of carbonyl (C=O) groups excluding carboxylic acids is 1. The minimum absolute atomic E-state index is 0.245. The minimum atomic E-state index is -0.317. The molecule has 2 nitrogen and oxygen atoms in total. The summed E-state index contributed by atoms with van der Waals surface area (Å²) in [7, 11) is 0. The van der Waals surface area contributed by atoms with Crippen LogP contribution in [0.3, 0.4) is 0 Å². The summed E-state index contributed by atoms with van der Waals surface area (Å²) in [6.45, 7) is 1.90. The summed E-state index contributed by atoms with van der Waals surface area (Å²) in [5.74, 6) is -0.0724. The van der Waals surface area contributed by atoms with Crippen molar-refractivity contribution in [3.63, 3.8) is 0 Å². The number of hydrogen-bond acceptors (Lipinski definition) is 2. The maximum absolute atomic E-state index is 11.2. The Morgan fingerprint density at radius 2 is 1.93 bits per heavy atom. The molecule has 14 heavy (non-hydrogen) atoms. The zero-order chi connectivity index (χ0) is 10.6. The van der Waals surface area contributed by atoms with Crippen LogP contribution in [0.4, 0.5) is 0 Å². The second-order valence-corrected chi connectivity index (χ2v) is 3.59. The molecule has 0 aliphatic heterocycles. The fraction of sp³-hybridized carbons (Fsp3) is 0.300.